The highest BCUT2D eigenvalue weighted by atomic mass is 32.2. The summed E-state index contributed by atoms with van der Waals surface area (Å²) in [5, 5.41) is -3.85. The van der Waals surface area contributed by atoms with E-state index in [1.54, 1.807) is 0 Å². The van der Waals surface area contributed by atoms with Gasteiger partial charge in [-0.25, -0.2) is 9.18 Å². The molecule has 0 aromatic carbocycles. The Bertz CT molecular complexity index is 509. The molecular weight excluding hydrogens is 349 g/mol. The van der Waals surface area contributed by atoms with Gasteiger partial charge in [0.25, 0.3) is 0 Å². The van der Waals surface area contributed by atoms with E-state index in [0.29, 0.717) is 6.42 Å². The van der Waals surface area contributed by atoms with E-state index in [1.165, 1.54) is 0 Å². The maximum Gasteiger partial charge on any atom is 0.351 e. The lowest BCUT2D eigenvalue weighted by Gasteiger charge is -2.38. The Morgan fingerprint density at radius 2 is 2.00 bits per heavy atom. The zero-order valence-electron chi connectivity index (χ0n) is 14.0. The normalized spacial score (nSPS) is 21.5. The summed E-state index contributed by atoms with van der Waals surface area (Å²) >= 11 is -0.353. The van der Waals surface area contributed by atoms with E-state index in [2.05, 4.69) is 8.92 Å². The first-order valence-corrected chi connectivity index (χ1v) is 8.04. The minimum absolute atomic E-state index is 0.161. The molecule has 0 aliphatic carbocycles. The summed E-state index contributed by atoms with van der Waals surface area (Å²) in [6.07, 6.45) is -2.31. The Hall–Kier alpha value is -1.22. The molecule has 2 unspecified atom stereocenters. The van der Waals surface area contributed by atoms with Crippen LogP contribution in [0.2, 0.25) is 0 Å². The van der Waals surface area contributed by atoms with Crippen molar-refractivity contribution in [3.05, 3.63) is 11.1 Å². The Morgan fingerprint density at radius 1 is 1.42 bits per heavy atom. The standard InChI is InChI=1S/C15H21F3O5S/c1-9(2)10(3)5-6-14(7-12(19)23-14)13(20)22-8-11(16)15(17,18)24-21-4/h11H,5-8H2,1-4H3. The molecule has 0 aromatic rings. The van der Waals surface area contributed by atoms with Crippen LogP contribution in [0.3, 0.4) is 0 Å². The summed E-state index contributed by atoms with van der Waals surface area (Å²) in [5.74, 6) is -1.59. The number of allylic oxidation sites excluding steroid dienone is 2. The summed E-state index contributed by atoms with van der Waals surface area (Å²) in [5.41, 5.74) is 0.553. The monoisotopic (exact) mass is 370 g/mol. The van der Waals surface area contributed by atoms with Crippen molar-refractivity contribution in [2.24, 2.45) is 0 Å². The molecule has 0 radical (unpaired) electrons. The van der Waals surface area contributed by atoms with Crippen LogP contribution in [-0.4, -0.2) is 42.7 Å². The van der Waals surface area contributed by atoms with Gasteiger partial charge in [0, 0.05) is 6.42 Å². The van der Waals surface area contributed by atoms with Crippen LogP contribution in [0.1, 0.15) is 40.0 Å². The molecule has 0 saturated carbocycles. The minimum atomic E-state index is -3.85. The fraction of sp³-hybridized carbons (Fsp3) is 0.733. The number of hydrogen-bond donors (Lipinski definition) is 0. The smallest absolute Gasteiger partial charge is 0.351 e. The van der Waals surface area contributed by atoms with Gasteiger partial charge in [-0.3, -0.25) is 4.79 Å². The fourth-order valence-corrected chi connectivity index (χ4v) is 2.37. The van der Waals surface area contributed by atoms with Crippen molar-refractivity contribution in [1.82, 2.24) is 0 Å². The average molecular weight is 370 g/mol. The lowest BCUT2D eigenvalue weighted by atomic mass is 9.87. The maximum absolute atomic E-state index is 13.5. The number of alkyl halides is 3. The van der Waals surface area contributed by atoms with E-state index in [4.69, 9.17) is 4.74 Å². The Balaban J connectivity index is 2.64. The quantitative estimate of drug-likeness (QED) is 0.351. The molecule has 1 saturated heterocycles. The zero-order chi connectivity index (χ0) is 18.5. The Labute approximate surface area is 143 Å². The molecule has 1 aliphatic rings. The number of halogens is 3. The fourth-order valence-electron chi connectivity index (χ4n) is 1.98. The molecule has 1 rings (SSSR count). The number of carbonyl (C=O) groups is 2. The van der Waals surface area contributed by atoms with Gasteiger partial charge in [0.15, 0.2) is 0 Å². The average Bonchev–Trinajstić information content (AvgIpc) is 2.46. The number of cyclic esters (lactones) is 1. The second kappa shape index (κ2) is 8.24. The largest absolute Gasteiger partial charge is 0.459 e. The molecule has 2 atom stereocenters. The molecule has 9 heteroatoms. The van der Waals surface area contributed by atoms with Crippen molar-refractivity contribution >= 4 is 24.0 Å². The first-order chi connectivity index (χ1) is 11.0. The van der Waals surface area contributed by atoms with Gasteiger partial charge < -0.3 is 13.7 Å². The van der Waals surface area contributed by atoms with Crippen molar-refractivity contribution in [3.8, 4) is 0 Å². The van der Waals surface area contributed by atoms with E-state index >= 15 is 0 Å². The van der Waals surface area contributed by atoms with Gasteiger partial charge in [-0.1, -0.05) is 11.1 Å². The predicted molar refractivity (Wildman–Crippen MR) is 82.1 cm³/mol. The van der Waals surface area contributed by atoms with Crippen molar-refractivity contribution in [2.75, 3.05) is 13.7 Å². The van der Waals surface area contributed by atoms with Crippen LogP contribution in [0.25, 0.3) is 0 Å². The Morgan fingerprint density at radius 3 is 2.46 bits per heavy atom. The van der Waals surface area contributed by atoms with Gasteiger partial charge in [0.2, 0.25) is 11.8 Å². The van der Waals surface area contributed by atoms with Crippen LogP contribution in [0.5, 0.6) is 0 Å². The SMILES string of the molecule is COSC(F)(F)C(F)COC(=O)C1(CCC(C)=C(C)C)CC(=O)O1. The molecule has 0 N–H and O–H groups in total. The number of carbonyl (C=O) groups excluding carboxylic acids is 2. The van der Waals surface area contributed by atoms with E-state index < -0.39 is 35.6 Å². The summed E-state index contributed by atoms with van der Waals surface area (Å²) in [7, 11) is 0.978. The molecule has 1 fully saturated rings. The predicted octanol–water partition coefficient (Wildman–Crippen LogP) is 3.58. The van der Waals surface area contributed by atoms with Gasteiger partial charge >= 0.3 is 17.2 Å². The third kappa shape index (κ3) is 5.14. The summed E-state index contributed by atoms with van der Waals surface area (Å²) in [6.45, 7) is 4.52. The molecule has 5 nitrogen and oxygen atoms in total. The van der Waals surface area contributed by atoms with Crippen LogP contribution in [0, 0.1) is 0 Å². The maximum atomic E-state index is 13.5. The second-order valence-electron chi connectivity index (χ2n) is 5.80. The third-order valence-corrected chi connectivity index (χ3v) is 4.43. The highest BCUT2D eigenvalue weighted by molar-refractivity contribution is 7.95. The van der Waals surface area contributed by atoms with E-state index in [1.807, 2.05) is 20.8 Å². The number of esters is 2. The lowest BCUT2D eigenvalue weighted by molar-refractivity contribution is -0.210. The van der Waals surface area contributed by atoms with E-state index in [-0.39, 0.29) is 24.9 Å². The number of rotatable bonds is 9. The van der Waals surface area contributed by atoms with Crippen molar-refractivity contribution in [1.29, 1.82) is 0 Å². The molecule has 0 amide bonds. The topological polar surface area (TPSA) is 61.8 Å². The molecule has 1 aliphatic heterocycles. The first-order valence-electron chi connectivity index (χ1n) is 7.30. The van der Waals surface area contributed by atoms with E-state index in [0.717, 1.165) is 18.3 Å². The molecule has 138 valence electrons. The number of ether oxygens (including phenoxy) is 2. The van der Waals surface area contributed by atoms with Crippen LogP contribution in [0.4, 0.5) is 13.2 Å². The molecule has 1 heterocycles. The van der Waals surface area contributed by atoms with Gasteiger partial charge in [-0.05, 0) is 27.2 Å². The van der Waals surface area contributed by atoms with Crippen LogP contribution in [0.15, 0.2) is 11.1 Å². The molecule has 24 heavy (non-hydrogen) atoms. The summed E-state index contributed by atoms with van der Waals surface area (Å²) in [6, 6.07) is 0. The van der Waals surface area contributed by atoms with Crippen LogP contribution in [-0.2, 0) is 23.2 Å². The van der Waals surface area contributed by atoms with Gasteiger partial charge in [0.1, 0.15) is 6.61 Å². The van der Waals surface area contributed by atoms with Gasteiger partial charge in [-0.2, -0.15) is 8.78 Å². The molecular formula is C15H21F3O5S. The van der Waals surface area contributed by atoms with Crippen LogP contribution < -0.4 is 0 Å². The molecule has 0 aromatic heterocycles. The van der Waals surface area contributed by atoms with Crippen molar-refractivity contribution < 1.29 is 36.4 Å². The lowest BCUT2D eigenvalue weighted by Crippen LogP contribution is -2.55. The molecule has 0 spiro atoms. The van der Waals surface area contributed by atoms with Gasteiger partial charge in [-0.15, -0.1) is 0 Å². The van der Waals surface area contributed by atoms with Crippen molar-refractivity contribution in [3.63, 3.8) is 0 Å². The Kier molecular flexibility index (Phi) is 7.15. The second-order valence-corrected chi connectivity index (χ2v) is 6.85. The third-order valence-electron chi connectivity index (χ3n) is 3.79. The highest BCUT2D eigenvalue weighted by Gasteiger charge is 2.54. The number of hydrogen-bond acceptors (Lipinski definition) is 6. The van der Waals surface area contributed by atoms with Crippen LogP contribution >= 0.6 is 12.0 Å². The first kappa shape index (κ1) is 20.8. The highest BCUT2D eigenvalue weighted by Crippen LogP contribution is 2.37. The molecule has 0 bridgehead atoms. The zero-order valence-corrected chi connectivity index (χ0v) is 14.8. The summed E-state index contributed by atoms with van der Waals surface area (Å²) < 4.78 is 53.7. The van der Waals surface area contributed by atoms with Gasteiger partial charge in [0.05, 0.1) is 25.6 Å². The minimum Gasteiger partial charge on any atom is -0.459 e. The summed E-state index contributed by atoms with van der Waals surface area (Å²) in [4.78, 5) is 23.2. The van der Waals surface area contributed by atoms with Crippen molar-refractivity contribution in [2.45, 2.75) is 57.1 Å². The van der Waals surface area contributed by atoms with E-state index in [9.17, 15) is 22.8 Å².